The van der Waals surface area contributed by atoms with Gasteiger partial charge in [-0.05, 0) is 36.2 Å². The van der Waals surface area contributed by atoms with E-state index in [2.05, 4.69) is 12.2 Å². The Morgan fingerprint density at radius 2 is 1.61 bits per heavy atom. The van der Waals surface area contributed by atoms with E-state index in [1.165, 1.54) is 5.56 Å². The van der Waals surface area contributed by atoms with Crippen LogP contribution in [0.5, 0.6) is 5.75 Å². The molecule has 120 valence electrons. The molecule has 0 fully saturated rings. The number of carbonyl (C=O) groups excluding carboxylic acids is 2. The van der Waals surface area contributed by atoms with Gasteiger partial charge in [-0.2, -0.15) is 0 Å². The van der Waals surface area contributed by atoms with Crippen LogP contribution in [0.2, 0.25) is 0 Å². The molecule has 4 heteroatoms. The fraction of sp³-hybridized carbons (Fsp3) is 0.263. The Kier molecular flexibility index (Phi) is 5.92. The summed E-state index contributed by atoms with van der Waals surface area (Å²) in [6.45, 7) is 2.07. The third-order valence-electron chi connectivity index (χ3n) is 3.64. The Balaban J connectivity index is 1.83. The predicted octanol–water partition coefficient (Wildman–Crippen LogP) is 3.86. The number of benzene rings is 2. The minimum atomic E-state index is -0.173. The van der Waals surface area contributed by atoms with Crippen LogP contribution in [0.25, 0.3) is 0 Å². The maximum Gasteiger partial charge on any atom is 0.224 e. The van der Waals surface area contributed by atoms with Crippen LogP contribution in [-0.2, 0) is 11.2 Å². The Morgan fingerprint density at radius 1 is 0.957 bits per heavy atom. The van der Waals surface area contributed by atoms with Gasteiger partial charge in [-0.25, -0.2) is 0 Å². The number of anilines is 1. The standard InChI is InChI=1S/C19H21NO3/c1-3-14-4-6-15(7-5-14)18(21)12-13-19(22)20-16-8-10-17(23-2)11-9-16/h4-11H,3,12-13H2,1-2H3,(H,20,22). The van der Waals surface area contributed by atoms with Gasteiger partial charge in [0.1, 0.15) is 5.75 Å². The van der Waals surface area contributed by atoms with Crippen LogP contribution in [0.1, 0.15) is 35.7 Å². The van der Waals surface area contributed by atoms with Crippen molar-refractivity contribution in [2.24, 2.45) is 0 Å². The van der Waals surface area contributed by atoms with E-state index < -0.39 is 0 Å². The highest BCUT2D eigenvalue weighted by atomic mass is 16.5. The molecule has 1 N–H and O–H groups in total. The number of aryl methyl sites for hydroxylation is 1. The van der Waals surface area contributed by atoms with E-state index >= 15 is 0 Å². The number of carbonyl (C=O) groups is 2. The molecular formula is C19H21NO3. The smallest absolute Gasteiger partial charge is 0.224 e. The fourth-order valence-corrected chi connectivity index (χ4v) is 2.20. The third-order valence-corrected chi connectivity index (χ3v) is 3.64. The number of Topliss-reactive ketones (excluding diaryl/α,β-unsaturated/α-hetero) is 1. The number of hydrogen-bond donors (Lipinski definition) is 1. The van der Waals surface area contributed by atoms with Crippen molar-refractivity contribution in [1.82, 2.24) is 0 Å². The number of methoxy groups -OCH3 is 1. The van der Waals surface area contributed by atoms with Crippen molar-refractivity contribution in [3.63, 3.8) is 0 Å². The van der Waals surface area contributed by atoms with Crippen molar-refractivity contribution in [1.29, 1.82) is 0 Å². The first kappa shape index (κ1) is 16.7. The molecule has 0 aliphatic carbocycles. The third kappa shape index (κ3) is 4.95. The van der Waals surface area contributed by atoms with Gasteiger partial charge in [-0.3, -0.25) is 9.59 Å². The van der Waals surface area contributed by atoms with Crippen molar-refractivity contribution < 1.29 is 14.3 Å². The zero-order valence-electron chi connectivity index (χ0n) is 13.5. The second-order valence-corrected chi connectivity index (χ2v) is 5.25. The van der Waals surface area contributed by atoms with Crippen LogP contribution in [-0.4, -0.2) is 18.8 Å². The summed E-state index contributed by atoms with van der Waals surface area (Å²) in [6.07, 6.45) is 1.31. The van der Waals surface area contributed by atoms with Gasteiger partial charge in [0.15, 0.2) is 5.78 Å². The molecule has 0 atom stereocenters. The first-order valence-corrected chi connectivity index (χ1v) is 7.68. The number of ketones is 1. The zero-order valence-corrected chi connectivity index (χ0v) is 13.5. The molecule has 0 unspecified atom stereocenters. The van der Waals surface area contributed by atoms with E-state index in [1.807, 2.05) is 24.3 Å². The molecule has 1 amide bonds. The Hall–Kier alpha value is -2.62. The summed E-state index contributed by atoms with van der Waals surface area (Å²) in [5, 5.41) is 2.77. The Bertz CT molecular complexity index is 660. The van der Waals surface area contributed by atoms with Crippen LogP contribution in [0.4, 0.5) is 5.69 Å². The lowest BCUT2D eigenvalue weighted by molar-refractivity contribution is -0.116. The van der Waals surface area contributed by atoms with Crippen molar-refractivity contribution in [3.8, 4) is 5.75 Å². The Morgan fingerprint density at radius 3 is 2.17 bits per heavy atom. The molecule has 0 saturated heterocycles. The minimum absolute atomic E-state index is 0.0162. The van der Waals surface area contributed by atoms with Gasteiger partial charge in [0.2, 0.25) is 5.91 Å². The lowest BCUT2D eigenvalue weighted by atomic mass is 10.0. The molecule has 0 bridgehead atoms. The number of ether oxygens (including phenoxy) is 1. The van der Waals surface area contributed by atoms with Crippen LogP contribution in [0.15, 0.2) is 48.5 Å². The summed E-state index contributed by atoms with van der Waals surface area (Å²) < 4.78 is 5.06. The lowest BCUT2D eigenvalue weighted by Gasteiger charge is -2.06. The SMILES string of the molecule is CCc1ccc(C(=O)CCC(=O)Nc2ccc(OC)cc2)cc1. The van der Waals surface area contributed by atoms with E-state index in [9.17, 15) is 9.59 Å². The summed E-state index contributed by atoms with van der Waals surface area (Å²) in [6, 6.07) is 14.6. The molecule has 0 aliphatic heterocycles. The van der Waals surface area contributed by atoms with Crippen molar-refractivity contribution >= 4 is 17.4 Å². The maximum atomic E-state index is 12.1. The van der Waals surface area contributed by atoms with Gasteiger partial charge in [0.25, 0.3) is 0 Å². The molecule has 0 aromatic heterocycles. The van der Waals surface area contributed by atoms with Gasteiger partial charge >= 0.3 is 0 Å². The van der Waals surface area contributed by atoms with E-state index in [0.29, 0.717) is 11.3 Å². The van der Waals surface area contributed by atoms with E-state index in [1.54, 1.807) is 31.4 Å². The second-order valence-electron chi connectivity index (χ2n) is 5.25. The number of amides is 1. The Labute approximate surface area is 136 Å². The molecule has 0 spiro atoms. The first-order chi connectivity index (χ1) is 11.1. The average Bonchev–Trinajstić information content (AvgIpc) is 2.60. The molecule has 0 saturated carbocycles. The van der Waals surface area contributed by atoms with Crippen LogP contribution < -0.4 is 10.1 Å². The van der Waals surface area contributed by atoms with E-state index in [0.717, 1.165) is 12.2 Å². The molecule has 2 aromatic rings. The molecule has 0 heterocycles. The molecule has 23 heavy (non-hydrogen) atoms. The first-order valence-electron chi connectivity index (χ1n) is 7.68. The monoisotopic (exact) mass is 311 g/mol. The van der Waals surface area contributed by atoms with E-state index in [-0.39, 0.29) is 24.5 Å². The molecule has 4 nitrogen and oxygen atoms in total. The summed E-state index contributed by atoms with van der Waals surface area (Å²) in [5.41, 5.74) is 2.54. The van der Waals surface area contributed by atoms with E-state index in [4.69, 9.17) is 4.74 Å². The fourth-order valence-electron chi connectivity index (χ4n) is 2.20. The molecule has 2 rings (SSSR count). The van der Waals surface area contributed by atoms with Crippen LogP contribution in [0.3, 0.4) is 0 Å². The van der Waals surface area contributed by atoms with Crippen molar-refractivity contribution in [2.75, 3.05) is 12.4 Å². The topological polar surface area (TPSA) is 55.4 Å². The summed E-state index contributed by atoms with van der Waals surface area (Å²) in [4.78, 5) is 24.0. The number of nitrogens with one attached hydrogen (secondary N) is 1. The van der Waals surface area contributed by atoms with Gasteiger partial charge in [-0.15, -0.1) is 0 Å². The van der Waals surface area contributed by atoms with Gasteiger partial charge in [-0.1, -0.05) is 31.2 Å². The quantitative estimate of drug-likeness (QED) is 0.790. The van der Waals surface area contributed by atoms with Gasteiger partial charge in [0.05, 0.1) is 7.11 Å². The van der Waals surface area contributed by atoms with Crippen LogP contribution in [0, 0.1) is 0 Å². The largest absolute Gasteiger partial charge is 0.497 e. The normalized spacial score (nSPS) is 10.2. The van der Waals surface area contributed by atoms with Gasteiger partial charge in [0, 0.05) is 24.1 Å². The lowest BCUT2D eigenvalue weighted by Crippen LogP contribution is -2.13. The second kappa shape index (κ2) is 8.13. The van der Waals surface area contributed by atoms with Crippen molar-refractivity contribution in [2.45, 2.75) is 26.2 Å². The number of rotatable bonds is 7. The summed E-state index contributed by atoms with van der Waals surface area (Å²) >= 11 is 0. The number of hydrogen-bond acceptors (Lipinski definition) is 3. The summed E-state index contributed by atoms with van der Waals surface area (Å²) in [7, 11) is 1.59. The highest BCUT2D eigenvalue weighted by Crippen LogP contribution is 2.15. The average molecular weight is 311 g/mol. The molecular weight excluding hydrogens is 290 g/mol. The molecule has 2 aromatic carbocycles. The highest BCUT2D eigenvalue weighted by molar-refractivity contribution is 6.00. The van der Waals surface area contributed by atoms with Crippen molar-refractivity contribution in [3.05, 3.63) is 59.7 Å². The predicted molar refractivity (Wildman–Crippen MR) is 91.0 cm³/mol. The molecule has 0 radical (unpaired) electrons. The highest BCUT2D eigenvalue weighted by Gasteiger charge is 2.09. The zero-order chi connectivity index (χ0) is 16.7. The minimum Gasteiger partial charge on any atom is -0.497 e. The summed E-state index contributed by atoms with van der Waals surface area (Å²) in [5.74, 6) is 0.542. The maximum absolute atomic E-state index is 12.1. The van der Waals surface area contributed by atoms with Gasteiger partial charge < -0.3 is 10.1 Å². The van der Waals surface area contributed by atoms with Crippen LogP contribution >= 0.6 is 0 Å². The molecule has 0 aliphatic rings.